The van der Waals surface area contributed by atoms with Gasteiger partial charge in [0, 0.05) is 6.42 Å². The van der Waals surface area contributed by atoms with E-state index in [-0.39, 0.29) is 19.2 Å². The highest BCUT2D eigenvalue weighted by atomic mass is 17.0. The summed E-state index contributed by atoms with van der Waals surface area (Å²) >= 11 is 0. The van der Waals surface area contributed by atoms with Crippen LogP contribution in [0.2, 0.25) is 0 Å². The van der Waals surface area contributed by atoms with Crippen LogP contribution in [-0.4, -0.2) is 48.7 Å². The summed E-state index contributed by atoms with van der Waals surface area (Å²) < 4.78 is 15.9. The molecule has 102 valence electrons. The van der Waals surface area contributed by atoms with Crippen molar-refractivity contribution in [2.45, 2.75) is 44.2 Å². The first kappa shape index (κ1) is 13.0. The van der Waals surface area contributed by atoms with E-state index >= 15 is 0 Å². The minimum absolute atomic E-state index is 0.0676. The molecule has 0 aliphatic carbocycles. The van der Waals surface area contributed by atoms with E-state index in [1.165, 1.54) is 0 Å². The van der Waals surface area contributed by atoms with Crippen molar-refractivity contribution in [1.82, 2.24) is 0 Å². The molecule has 4 atom stereocenters. The third-order valence-electron chi connectivity index (χ3n) is 2.92. The van der Waals surface area contributed by atoms with Crippen molar-refractivity contribution in [2.75, 3.05) is 13.2 Å². The van der Waals surface area contributed by atoms with Crippen molar-refractivity contribution < 1.29 is 28.9 Å². The summed E-state index contributed by atoms with van der Waals surface area (Å²) in [4.78, 5) is 26.1. The average Bonchev–Trinajstić information content (AvgIpc) is 2.83. The van der Waals surface area contributed by atoms with E-state index in [2.05, 4.69) is 4.84 Å². The molecule has 8 heteroatoms. The fourth-order valence-electron chi connectivity index (χ4n) is 2.16. The van der Waals surface area contributed by atoms with Gasteiger partial charge in [0.25, 0.3) is 5.09 Å². The highest BCUT2D eigenvalue weighted by molar-refractivity contribution is 5.69. The van der Waals surface area contributed by atoms with Crippen LogP contribution in [0.3, 0.4) is 0 Å². The Morgan fingerprint density at radius 1 is 1.33 bits per heavy atom. The lowest BCUT2D eigenvalue weighted by molar-refractivity contribution is -0.769. The topological polar surface area (TPSA) is 97.1 Å². The Balaban J connectivity index is 1.88. The van der Waals surface area contributed by atoms with Gasteiger partial charge < -0.3 is 19.0 Å². The first-order valence-corrected chi connectivity index (χ1v) is 5.85. The first-order valence-electron chi connectivity index (χ1n) is 5.85. The number of fused-ring (bicyclic) bond motifs is 1. The molecule has 0 aromatic carbocycles. The summed E-state index contributed by atoms with van der Waals surface area (Å²) in [5, 5.41) is 9.41. The summed E-state index contributed by atoms with van der Waals surface area (Å²) in [6.07, 6.45) is -1.24. The maximum absolute atomic E-state index is 11.4. The predicted molar refractivity (Wildman–Crippen MR) is 56.1 cm³/mol. The van der Waals surface area contributed by atoms with E-state index in [1.54, 1.807) is 0 Å². The van der Waals surface area contributed by atoms with Gasteiger partial charge in [-0.2, -0.15) is 0 Å². The zero-order valence-corrected chi connectivity index (χ0v) is 9.94. The molecule has 2 heterocycles. The number of ether oxygens (including phenoxy) is 3. The van der Waals surface area contributed by atoms with Crippen molar-refractivity contribution in [3.8, 4) is 0 Å². The Kier molecular flexibility index (Phi) is 3.97. The largest absolute Gasteiger partial charge is 0.457 e. The lowest BCUT2D eigenvalue weighted by atomic mass is 10.1. The molecule has 8 nitrogen and oxygen atoms in total. The second-order valence-corrected chi connectivity index (χ2v) is 4.24. The number of carbonyl (C=O) groups excluding carboxylic acids is 1. The lowest BCUT2D eigenvalue weighted by Gasteiger charge is -2.16. The summed E-state index contributed by atoms with van der Waals surface area (Å²) in [7, 11) is 0. The van der Waals surface area contributed by atoms with Crippen LogP contribution in [0.4, 0.5) is 0 Å². The maximum Gasteiger partial charge on any atom is 0.306 e. The lowest BCUT2D eigenvalue weighted by Crippen LogP contribution is -2.35. The fourth-order valence-corrected chi connectivity index (χ4v) is 2.16. The van der Waals surface area contributed by atoms with Crippen LogP contribution in [-0.2, 0) is 23.8 Å². The summed E-state index contributed by atoms with van der Waals surface area (Å²) in [6, 6.07) is 0. The molecular weight excluding hydrogens is 246 g/mol. The number of hydrogen-bond donors (Lipinski definition) is 0. The number of rotatable bonds is 5. The summed E-state index contributed by atoms with van der Waals surface area (Å²) in [5.74, 6) is -0.311. The molecule has 2 aliphatic heterocycles. The maximum atomic E-state index is 11.4. The predicted octanol–water partition coefficient (Wildman–Crippen LogP) is 0.0728. The molecule has 0 saturated carbocycles. The molecule has 0 bridgehead atoms. The van der Waals surface area contributed by atoms with Crippen LogP contribution < -0.4 is 0 Å². The molecule has 2 aliphatic rings. The number of carbonyl (C=O) groups is 1. The van der Waals surface area contributed by atoms with Crippen LogP contribution in [0.1, 0.15) is 19.8 Å². The third kappa shape index (κ3) is 2.70. The molecule has 0 aromatic rings. The number of esters is 1. The molecule has 2 rings (SSSR count). The smallest absolute Gasteiger partial charge is 0.306 e. The number of hydrogen-bond acceptors (Lipinski definition) is 7. The monoisotopic (exact) mass is 261 g/mol. The minimum Gasteiger partial charge on any atom is -0.457 e. The van der Waals surface area contributed by atoms with Crippen LogP contribution in [0.25, 0.3) is 0 Å². The van der Waals surface area contributed by atoms with Gasteiger partial charge in [0.15, 0.2) is 12.2 Å². The van der Waals surface area contributed by atoms with E-state index in [4.69, 9.17) is 14.2 Å². The van der Waals surface area contributed by atoms with Gasteiger partial charge in [-0.1, -0.05) is 6.92 Å². The zero-order valence-electron chi connectivity index (χ0n) is 9.94. The van der Waals surface area contributed by atoms with E-state index in [0.29, 0.717) is 12.8 Å². The Morgan fingerprint density at radius 2 is 1.94 bits per heavy atom. The van der Waals surface area contributed by atoms with E-state index in [0.717, 1.165) is 0 Å². The second-order valence-electron chi connectivity index (χ2n) is 4.24. The zero-order chi connectivity index (χ0) is 13.1. The Hall–Kier alpha value is -1.41. The molecule has 0 radical (unpaired) electrons. The van der Waals surface area contributed by atoms with Crippen LogP contribution >= 0.6 is 0 Å². The van der Waals surface area contributed by atoms with Crippen LogP contribution in [0.15, 0.2) is 0 Å². The van der Waals surface area contributed by atoms with Crippen molar-refractivity contribution in [3.05, 3.63) is 10.1 Å². The number of nitrogens with zero attached hydrogens (tertiary/aromatic N) is 1. The van der Waals surface area contributed by atoms with Gasteiger partial charge in [-0.05, 0) is 6.42 Å². The summed E-state index contributed by atoms with van der Waals surface area (Å²) in [5.41, 5.74) is 0. The molecule has 2 fully saturated rings. The van der Waals surface area contributed by atoms with Crippen LogP contribution in [0.5, 0.6) is 0 Å². The van der Waals surface area contributed by atoms with Crippen molar-refractivity contribution in [1.29, 1.82) is 0 Å². The van der Waals surface area contributed by atoms with Gasteiger partial charge in [0.1, 0.15) is 12.2 Å². The van der Waals surface area contributed by atoms with Crippen molar-refractivity contribution in [3.63, 3.8) is 0 Å². The molecule has 0 aromatic heterocycles. The third-order valence-corrected chi connectivity index (χ3v) is 2.92. The van der Waals surface area contributed by atoms with E-state index in [1.807, 2.05) is 6.92 Å². The Bertz CT molecular complexity index is 334. The molecule has 0 amide bonds. The standard InChI is InChI=1S/C10H15NO7/c1-2-3-8(12)17-6-4-15-10-7(18-11(13)14)5-16-9(6)10/h6-7,9-10H,2-5H2,1H3/t6-,7+,9+,10+/m0/s1. The molecule has 0 spiro atoms. The van der Waals surface area contributed by atoms with E-state index in [9.17, 15) is 14.9 Å². The van der Waals surface area contributed by atoms with Crippen LogP contribution in [0, 0.1) is 10.1 Å². The van der Waals surface area contributed by atoms with Gasteiger partial charge >= 0.3 is 5.97 Å². The van der Waals surface area contributed by atoms with Gasteiger partial charge in [0.05, 0.1) is 13.2 Å². The molecule has 0 unspecified atom stereocenters. The Labute approximate surface area is 103 Å². The minimum atomic E-state index is -0.865. The molecule has 0 N–H and O–H groups in total. The second kappa shape index (κ2) is 5.49. The van der Waals surface area contributed by atoms with Gasteiger partial charge in [-0.3, -0.25) is 4.79 Å². The van der Waals surface area contributed by atoms with Crippen molar-refractivity contribution >= 4 is 5.97 Å². The van der Waals surface area contributed by atoms with Gasteiger partial charge in [-0.15, -0.1) is 10.1 Å². The normalized spacial score (nSPS) is 34.1. The van der Waals surface area contributed by atoms with E-state index < -0.39 is 29.5 Å². The summed E-state index contributed by atoms with van der Waals surface area (Å²) in [6.45, 7) is 2.13. The molecule has 18 heavy (non-hydrogen) atoms. The first-order chi connectivity index (χ1) is 8.61. The quantitative estimate of drug-likeness (QED) is 0.392. The van der Waals surface area contributed by atoms with Crippen molar-refractivity contribution in [2.24, 2.45) is 0 Å². The highest BCUT2D eigenvalue weighted by Gasteiger charge is 2.51. The highest BCUT2D eigenvalue weighted by Crippen LogP contribution is 2.30. The molecular formula is C10H15NO7. The SMILES string of the molecule is CCCC(=O)O[C@H]1CO[C@H]2[C@@H]1OC[C@H]2O[N+](=O)[O-]. The Morgan fingerprint density at radius 3 is 2.56 bits per heavy atom. The van der Waals surface area contributed by atoms with Gasteiger partial charge in [0.2, 0.25) is 0 Å². The fraction of sp³-hybridized carbons (Fsp3) is 0.900. The average molecular weight is 261 g/mol. The van der Waals surface area contributed by atoms with Gasteiger partial charge in [-0.25, -0.2) is 0 Å². The molecule has 2 saturated heterocycles.